The summed E-state index contributed by atoms with van der Waals surface area (Å²) in [4.78, 5) is 12.6. The van der Waals surface area contributed by atoms with E-state index in [1.807, 2.05) is 20.8 Å². The highest BCUT2D eigenvalue weighted by Crippen LogP contribution is 2.24. The molecule has 1 N–H and O–H groups in total. The Morgan fingerprint density at radius 1 is 1.04 bits per heavy atom. The lowest BCUT2D eigenvalue weighted by molar-refractivity contribution is -0.120. The summed E-state index contributed by atoms with van der Waals surface area (Å²) in [5, 5.41) is 2.86. The lowest BCUT2D eigenvalue weighted by atomic mass is 10.1. The fourth-order valence-corrected chi connectivity index (χ4v) is 3.80. The van der Waals surface area contributed by atoms with Crippen LogP contribution in [0.2, 0.25) is 0 Å². The molecule has 0 aliphatic carbocycles. The maximum absolute atomic E-state index is 13.2. The van der Waals surface area contributed by atoms with Crippen molar-refractivity contribution in [3.8, 4) is 5.75 Å². The van der Waals surface area contributed by atoms with Crippen molar-refractivity contribution in [3.63, 3.8) is 0 Å². The number of hydrogen-bond acceptors (Lipinski definition) is 4. The molecule has 0 spiro atoms. The Labute approximate surface area is 161 Å². The van der Waals surface area contributed by atoms with E-state index < -0.39 is 10.0 Å². The van der Waals surface area contributed by atoms with Crippen LogP contribution in [0.5, 0.6) is 5.75 Å². The second kappa shape index (κ2) is 8.90. The van der Waals surface area contributed by atoms with Gasteiger partial charge >= 0.3 is 0 Å². The van der Waals surface area contributed by atoms with E-state index in [4.69, 9.17) is 4.74 Å². The highest BCUT2D eigenvalue weighted by Gasteiger charge is 2.27. The molecule has 0 saturated carbocycles. The van der Waals surface area contributed by atoms with Gasteiger partial charge in [-0.25, -0.2) is 8.42 Å². The van der Waals surface area contributed by atoms with Crippen molar-refractivity contribution in [2.24, 2.45) is 5.92 Å². The molecule has 0 aliphatic rings. The van der Waals surface area contributed by atoms with E-state index in [2.05, 4.69) is 5.32 Å². The minimum absolute atomic E-state index is 0.0567. The summed E-state index contributed by atoms with van der Waals surface area (Å²) < 4.78 is 32.6. The van der Waals surface area contributed by atoms with E-state index in [1.54, 1.807) is 42.5 Å². The van der Waals surface area contributed by atoms with Crippen molar-refractivity contribution in [1.82, 2.24) is 5.32 Å². The first-order valence-corrected chi connectivity index (χ1v) is 10.2. The number of sulfonamides is 1. The Morgan fingerprint density at radius 3 is 2.15 bits per heavy atom. The number of carbonyl (C=O) groups is 1. The number of benzene rings is 2. The maximum atomic E-state index is 13.2. The molecular formula is C20H26N2O4S. The van der Waals surface area contributed by atoms with Gasteiger partial charge in [-0.1, -0.05) is 32.0 Å². The molecule has 0 saturated heterocycles. The van der Waals surface area contributed by atoms with Gasteiger partial charge in [0.15, 0.2) is 0 Å². The van der Waals surface area contributed by atoms with E-state index in [-0.39, 0.29) is 29.3 Å². The standard InChI is InChI=1S/C20H26N2O4S/c1-15(2)16(3)21-20(23)14-22(17-8-6-5-7-9-17)27(24,25)19-12-10-18(26-4)11-13-19/h5-13,15-16H,14H2,1-4H3,(H,21,23). The third-order valence-corrected chi connectivity index (χ3v) is 6.16. The zero-order valence-corrected chi connectivity index (χ0v) is 16.9. The summed E-state index contributed by atoms with van der Waals surface area (Å²) in [6.45, 7) is 5.59. The van der Waals surface area contributed by atoms with E-state index in [1.165, 1.54) is 19.2 Å². The van der Waals surface area contributed by atoms with E-state index in [9.17, 15) is 13.2 Å². The second-order valence-electron chi connectivity index (χ2n) is 6.62. The van der Waals surface area contributed by atoms with Gasteiger partial charge < -0.3 is 10.1 Å². The maximum Gasteiger partial charge on any atom is 0.264 e. The van der Waals surface area contributed by atoms with Gasteiger partial charge in [0.2, 0.25) is 5.91 Å². The predicted octanol–water partition coefficient (Wildman–Crippen LogP) is 3.05. The smallest absolute Gasteiger partial charge is 0.264 e. The number of amides is 1. The number of nitrogens with zero attached hydrogens (tertiary/aromatic N) is 1. The Morgan fingerprint density at radius 2 is 1.63 bits per heavy atom. The molecule has 0 fully saturated rings. The summed E-state index contributed by atoms with van der Waals surface area (Å²) in [5.74, 6) is 0.457. The first-order valence-electron chi connectivity index (χ1n) is 8.77. The van der Waals surface area contributed by atoms with Crippen molar-refractivity contribution < 1.29 is 17.9 Å². The largest absolute Gasteiger partial charge is 0.497 e. The number of hydrogen-bond donors (Lipinski definition) is 1. The lowest BCUT2D eigenvalue weighted by Gasteiger charge is -2.25. The molecule has 0 aliphatic heterocycles. The molecule has 0 radical (unpaired) electrons. The molecular weight excluding hydrogens is 364 g/mol. The zero-order chi connectivity index (χ0) is 20.0. The van der Waals surface area contributed by atoms with Crippen LogP contribution < -0.4 is 14.4 Å². The molecule has 1 unspecified atom stereocenters. The molecule has 0 aromatic heterocycles. The molecule has 1 amide bonds. The predicted molar refractivity (Wildman–Crippen MR) is 106 cm³/mol. The molecule has 1 atom stereocenters. The van der Waals surface area contributed by atoms with Gasteiger partial charge in [0.25, 0.3) is 10.0 Å². The zero-order valence-electron chi connectivity index (χ0n) is 16.0. The van der Waals surface area contributed by atoms with Gasteiger partial charge in [-0.05, 0) is 49.2 Å². The Hall–Kier alpha value is -2.54. The average Bonchev–Trinajstić information content (AvgIpc) is 2.66. The van der Waals surface area contributed by atoms with Gasteiger partial charge in [0.1, 0.15) is 12.3 Å². The van der Waals surface area contributed by atoms with Crippen molar-refractivity contribution in [2.45, 2.75) is 31.7 Å². The summed E-state index contributed by atoms with van der Waals surface area (Å²) in [6.07, 6.45) is 0. The highest BCUT2D eigenvalue weighted by molar-refractivity contribution is 7.92. The average molecular weight is 391 g/mol. The summed E-state index contributed by atoms with van der Waals surface area (Å²) in [7, 11) is -2.40. The van der Waals surface area contributed by atoms with Crippen molar-refractivity contribution in [1.29, 1.82) is 0 Å². The van der Waals surface area contributed by atoms with E-state index in [0.29, 0.717) is 11.4 Å². The minimum Gasteiger partial charge on any atom is -0.497 e. The van der Waals surface area contributed by atoms with Crippen molar-refractivity contribution >= 4 is 21.6 Å². The Balaban J connectivity index is 2.35. The molecule has 0 heterocycles. The summed E-state index contributed by atoms with van der Waals surface area (Å²) >= 11 is 0. The third kappa shape index (κ3) is 5.23. The lowest BCUT2D eigenvalue weighted by Crippen LogP contribution is -2.44. The molecule has 7 heteroatoms. The van der Waals surface area contributed by atoms with Crippen LogP contribution in [0.1, 0.15) is 20.8 Å². The van der Waals surface area contributed by atoms with Crippen molar-refractivity contribution in [3.05, 3.63) is 54.6 Å². The number of nitrogens with one attached hydrogen (secondary N) is 1. The van der Waals surface area contributed by atoms with Crippen LogP contribution in [0.25, 0.3) is 0 Å². The van der Waals surface area contributed by atoms with Gasteiger partial charge in [-0.3, -0.25) is 9.10 Å². The minimum atomic E-state index is -3.91. The number of ether oxygens (including phenoxy) is 1. The topological polar surface area (TPSA) is 75.7 Å². The van der Waals surface area contributed by atoms with E-state index in [0.717, 1.165) is 4.31 Å². The van der Waals surface area contributed by atoms with Crippen molar-refractivity contribution in [2.75, 3.05) is 18.0 Å². The monoisotopic (exact) mass is 390 g/mol. The normalized spacial score (nSPS) is 12.5. The van der Waals surface area contributed by atoms with Gasteiger partial charge in [0, 0.05) is 6.04 Å². The number of carbonyl (C=O) groups excluding carboxylic acids is 1. The quantitative estimate of drug-likeness (QED) is 0.752. The molecule has 2 aromatic carbocycles. The molecule has 2 rings (SSSR count). The van der Waals surface area contributed by atoms with Crippen LogP contribution in [-0.4, -0.2) is 34.0 Å². The number of anilines is 1. The SMILES string of the molecule is COc1ccc(S(=O)(=O)N(CC(=O)NC(C)C(C)C)c2ccccc2)cc1. The fourth-order valence-electron chi connectivity index (χ4n) is 2.38. The molecule has 27 heavy (non-hydrogen) atoms. The first kappa shape index (κ1) is 20.8. The second-order valence-corrected chi connectivity index (χ2v) is 8.49. The number of para-hydroxylation sites is 1. The van der Waals surface area contributed by atoms with E-state index >= 15 is 0 Å². The highest BCUT2D eigenvalue weighted by atomic mass is 32.2. The van der Waals surface area contributed by atoms with Crippen LogP contribution in [0, 0.1) is 5.92 Å². The number of methoxy groups -OCH3 is 1. The van der Waals surface area contributed by atoms with Gasteiger partial charge in [-0.15, -0.1) is 0 Å². The molecule has 6 nitrogen and oxygen atoms in total. The van der Waals surface area contributed by atoms with Gasteiger partial charge in [0.05, 0.1) is 17.7 Å². The van der Waals surface area contributed by atoms with Crippen LogP contribution in [-0.2, 0) is 14.8 Å². The Kier molecular flexibility index (Phi) is 6.85. The summed E-state index contributed by atoms with van der Waals surface area (Å²) in [6, 6.07) is 14.6. The fraction of sp³-hybridized carbons (Fsp3) is 0.350. The Bertz CT molecular complexity index is 849. The third-order valence-electron chi connectivity index (χ3n) is 4.37. The van der Waals surface area contributed by atoms with Crippen LogP contribution in [0.15, 0.2) is 59.5 Å². The molecule has 146 valence electrons. The summed E-state index contributed by atoms with van der Waals surface area (Å²) in [5.41, 5.74) is 0.431. The molecule has 0 bridgehead atoms. The van der Waals surface area contributed by atoms with Crippen LogP contribution in [0.3, 0.4) is 0 Å². The van der Waals surface area contributed by atoms with Crippen LogP contribution in [0.4, 0.5) is 5.69 Å². The molecule has 2 aromatic rings. The first-order chi connectivity index (χ1) is 12.8. The van der Waals surface area contributed by atoms with Crippen LogP contribution >= 0.6 is 0 Å². The van der Waals surface area contributed by atoms with Gasteiger partial charge in [-0.2, -0.15) is 0 Å². The number of rotatable bonds is 8.